The van der Waals surface area contributed by atoms with Crippen molar-refractivity contribution < 1.29 is 14.0 Å². The number of nitrogens with zero attached hydrogens (tertiary/aromatic N) is 3. The fourth-order valence-electron chi connectivity index (χ4n) is 4.90. The van der Waals surface area contributed by atoms with E-state index in [1.165, 1.54) is 0 Å². The average molecular weight is 399 g/mol. The van der Waals surface area contributed by atoms with Gasteiger partial charge in [-0.1, -0.05) is 0 Å². The second-order valence-corrected chi connectivity index (χ2v) is 8.34. The van der Waals surface area contributed by atoms with Gasteiger partial charge in [-0.05, 0) is 46.2 Å². The number of likely N-dealkylation sites (tertiary alicyclic amines) is 2. The fourth-order valence-corrected chi connectivity index (χ4v) is 4.90. The first kappa shape index (κ1) is 19.7. The van der Waals surface area contributed by atoms with Crippen molar-refractivity contribution in [3.63, 3.8) is 0 Å². The van der Waals surface area contributed by atoms with E-state index in [1.807, 2.05) is 24.8 Å². The Morgan fingerprint density at radius 3 is 2.90 bits per heavy atom. The van der Waals surface area contributed by atoms with E-state index in [1.54, 1.807) is 12.4 Å². The van der Waals surface area contributed by atoms with Crippen LogP contribution in [0.15, 0.2) is 22.9 Å². The highest BCUT2D eigenvalue weighted by Crippen LogP contribution is 2.37. The summed E-state index contributed by atoms with van der Waals surface area (Å²) in [5.74, 6) is 1.70. The van der Waals surface area contributed by atoms with Gasteiger partial charge in [0.2, 0.25) is 5.91 Å². The topological polar surface area (TPSA) is 94.5 Å². The summed E-state index contributed by atoms with van der Waals surface area (Å²) in [6.07, 6.45) is 6.40. The van der Waals surface area contributed by atoms with E-state index in [0.29, 0.717) is 18.1 Å². The van der Waals surface area contributed by atoms with E-state index in [0.717, 1.165) is 43.7 Å². The predicted octanol–water partition coefficient (Wildman–Crippen LogP) is 1.66. The molecule has 2 unspecified atom stereocenters. The summed E-state index contributed by atoms with van der Waals surface area (Å²) in [4.78, 5) is 37.1. The van der Waals surface area contributed by atoms with Crippen LogP contribution in [0.1, 0.15) is 47.0 Å². The highest BCUT2D eigenvalue weighted by atomic mass is 16.3. The van der Waals surface area contributed by atoms with Gasteiger partial charge in [-0.2, -0.15) is 0 Å². The summed E-state index contributed by atoms with van der Waals surface area (Å²) in [5.41, 5.74) is 0.599. The number of aromatic amines is 1. The minimum Gasteiger partial charge on any atom is -0.456 e. The molecule has 2 atom stereocenters. The van der Waals surface area contributed by atoms with E-state index in [2.05, 4.69) is 27.2 Å². The number of furan rings is 1. The zero-order valence-electron chi connectivity index (χ0n) is 17.3. The Morgan fingerprint density at radius 1 is 1.38 bits per heavy atom. The third-order valence-corrected chi connectivity index (χ3v) is 6.44. The maximum absolute atomic E-state index is 12.9. The van der Waals surface area contributed by atoms with Crippen LogP contribution in [-0.4, -0.2) is 69.8 Å². The number of aryl methyl sites for hydroxylation is 2. The van der Waals surface area contributed by atoms with Crippen LogP contribution in [0.5, 0.6) is 0 Å². The van der Waals surface area contributed by atoms with Crippen molar-refractivity contribution in [2.45, 2.75) is 51.1 Å². The van der Waals surface area contributed by atoms with Crippen molar-refractivity contribution in [2.24, 2.45) is 0 Å². The molecule has 1 spiro atoms. The van der Waals surface area contributed by atoms with Crippen molar-refractivity contribution in [1.82, 2.24) is 25.1 Å². The molecule has 2 N–H and O–H groups in total. The maximum Gasteiger partial charge on any atom is 0.287 e. The number of H-pyrrole nitrogens is 1. The summed E-state index contributed by atoms with van der Waals surface area (Å²) in [6.45, 7) is 5.98. The predicted molar refractivity (Wildman–Crippen MR) is 108 cm³/mol. The largest absolute Gasteiger partial charge is 0.456 e. The minimum atomic E-state index is -0.248. The molecule has 2 amide bonds. The SMILES string of the molecule is Cc1cc(C)c(C(=O)NC2CCN(C)C23CCCN(C(=O)Cc2ncc[nH]2)C3)o1. The van der Waals surface area contributed by atoms with Crippen LogP contribution >= 0.6 is 0 Å². The lowest BCUT2D eigenvalue weighted by Gasteiger charge is -2.47. The zero-order valence-corrected chi connectivity index (χ0v) is 17.3. The number of aromatic nitrogens is 2. The molecular weight excluding hydrogens is 370 g/mol. The van der Waals surface area contributed by atoms with Crippen LogP contribution in [0.25, 0.3) is 0 Å². The van der Waals surface area contributed by atoms with Crippen molar-refractivity contribution in [3.8, 4) is 0 Å². The Balaban J connectivity index is 1.50. The molecule has 156 valence electrons. The Morgan fingerprint density at radius 2 is 2.21 bits per heavy atom. The molecule has 0 aliphatic carbocycles. The summed E-state index contributed by atoms with van der Waals surface area (Å²) < 4.78 is 5.61. The summed E-state index contributed by atoms with van der Waals surface area (Å²) in [5, 5.41) is 3.21. The van der Waals surface area contributed by atoms with Gasteiger partial charge in [0.05, 0.1) is 18.0 Å². The normalized spacial score (nSPS) is 24.9. The van der Waals surface area contributed by atoms with Crippen LogP contribution in [0.4, 0.5) is 0 Å². The molecule has 2 saturated heterocycles. The Kier molecular flexibility index (Phi) is 5.21. The monoisotopic (exact) mass is 399 g/mol. The first-order chi connectivity index (χ1) is 13.9. The number of nitrogens with one attached hydrogen (secondary N) is 2. The number of likely N-dealkylation sites (N-methyl/N-ethyl adjacent to an activating group) is 1. The van der Waals surface area contributed by atoms with Crippen molar-refractivity contribution >= 4 is 11.8 Å². The van der Waals surface area contributed by atoms with Crippen LogP contribution in [0.3, 0.4) is 0 Å². The number of carbonyl (C=O) groups is 2. The number of carbonyl (C=O) groups excluding carboxylic acids is 2. The Bertz CT molecular complexity index is 890. The lowest BCUT2D eigenvalue weighted by Crippen LogP contribution is -2.64. The van der Waals surface area contributed by atoms with Gasteiger partial charge in [0.25, 0.3) is 5.91 Å². The van der Waals surface area contributed by atoms with Gasteiger partial charge in [0, 0.05) is 37.6 Å². The lowest BCUT2D eigenvalue weighted by atomic mass is 9.82. The van der Waals surface area contributed by atoms with Crippen LogP contribution in [0, 0.1) is 13.8 Å². The van der Waals surface area contributed by atoms with E-state index < -0.39 is 0 Å². The summed E-state index contributed by atoms with van der Waals surface area (Å²) in [6, 6.07) is 1.85. The average Bonchev–Trinajstić information content (AvgIpc) is 3.39. The summed E-state index contributed by atoms with van der Waals surface area (Å²) >= 11 is 0. The third kappa shape index (κ3) is 3.69. The second kappa shape index (κ2) is 7.67. The van der Waals surface area contributed by atoms with Gasteiger partial charge < -0.3 is 19.6 Å². The van der Waals surface area contributed by atoms with Gasteiger partial charge in [-0.3, -0.25) is 14.5 Å². The maximum atomic E-state index is 12.9. The number of rotatable bonds is 4. The van der Waals surface area contributed by atoms with Crippen molar-refractivity contribution in [2.75, 3.05) is 26.7 Å². The Hall–Kier alpha value is -2.61. The quantitative estimate of drug-likeness (QED) is 0.815. The molecule has 2 aliphatic heterocycles. The van der Waals surface area contributed by atoms with Crippen molar-refractivity contribution in [1.29, 1.82) is 0 Å². The molecular formula is C21H29N5O3. The molecule has 2 fully saturated rings. The molecule has 0 radical (unpaired) electrons. The molecule has 4 rings (SSSR count). The number of hydrogen-bond acceptors (Lipinski definition) is 5. The molecule has 4 heterocycles. The number of imidazole rings is 1. The van der Waals surface area contributed by atoms with Crippen LogP contribution < -0.4 is 5.32 Å². The molecule has 2 aliphatic rings. The standard InChI is InChI=1S/C21H29N5O3/c1-14-11-15(2)29-19(14)20(28)24-16-5-10-25(3)21(16)6-4-9-26(13-21)18(27)12-17-22-7-8-23-17/h7-8,11,16H,4-6,9-10,12-13H2,1-3H3,(H,22,23)(H,24,28). The first-order valence-electron chi connectivity index (χ1n) is 10.2. The molecule has 0 bridgehead atoms. The molecule has 0 saturated carbocycles. The molecule has 0 aromatic carbocycles. The molecule has 8 heteroatoms. The minimum absolute atomic E-state index is 0.0241. The highest BCUT2D eigenvalue weighted by Gasteiger charge is 2.50. The van der Waals surface area contributed by atoms with E-state index in [4.69, 9.17) is 4.42 Å². The number of amides is 2. The molecule has 2 aromatic rings. The molecule has 29 heavy (non-hydrogen) atoms. The lowest BCUT2D eigenvalue weighted by molar-refractivity contribution is -0.134. The third-order valence-electron chi connectivity index (χ3n) is 6.44. The zero-order chi connectivity index (χ0) is 20.6. The van der Waals surface area contributed by atoms with Crippen LogP contribution in [-0.2, 0) is 11.2 Å². The second-order valence-electron chi connectivity index (χ2n) is 8.34. The van der Waals surface area contributed by atoms with Gasteiger partial charge in [-0.15, -0.1) is 0 Å². The summed E-state index contributed by atoms with van der Waals surface area (Å²) in [7, 11) is 2.09. The number of piperidine rings is 1. The van der Waals surface area contributed by atoms with E-state index >= 15 is 0 Å². The van der Waals surface area contributed by atoms with Gasteiger partial charge in [-0.25, -0.2) is 4.98 Å². The smallest absolute Gasteiger partial charge is 0.287 e. The molecule has 8 nitrogen and oxygen atoms in total. The molecule has 2 aromatic heterocycles. The van der Waals surface area contributed by atoms with Gasteiger partial charge >= 0.3 is 0 Å². The van der Waals surface area contributed by atoms with E-state index in [-0.39, 0.29) is 29.8 Å². The van der Waals surface area contributed by atoms with Gasteiger partial charge in [0.15, 0.2) is 5.76 Å². The van der Waals surface area contributed by atoms with Gasteiger partial charge in [0.1, 0.15) is 11.6 Å². The van der Waals surface area contributed by atoms with E-state index in [9.17, 15) is 9.59 Å². The van der Waals surface area contributed by atoms with Crippen molar-refractivity contribution in [3.05, 3.63) is 41.4 Å². The number of hydrogen-bond donors (Lipinski definition) is 2. The first-order valence-corrected chi connectivity index (χ1v) is 10.2. The Labute approximate surface area is 170 Å². The fraction of sp³-hybridized carbons (Fsp3) is 0.571. The highest BCUT2D eigenvalue weighted by molar-refractivity contribution is 5.93. The van der Waals surface area contributed by atoms with Crippen LogP contribution in [0.2, 0.25) is 0 Å².